The lowest BCUT2D eigenvalue weighted by Crippen LogP contribution is -1.99. The second-order valence-corrected chi connectivity index (χ2v) is 4.56. The Morgan fingerprint density at radius 1 is 1.43 bits per heavy atom. The van der Waals surface area contributed by atoms with Crippen molar-refractivity contribution in [2.24, 2.45) is 0 Å². The highest BCUT2D eigenvalue weighted by atomic mass is 79.9. The first-order valence-corrected chi connectivity index (χ1v) is 5.47. The third-order valence-electron chi connectivity index (χ3n) is 1.44. The van der Waals surface area contributed by atoms with E-state index >= 15 is 0 Å². The highest BCUT2D eigenvalue weighted by Crippen LogP contribution is 2.24. The van der Waals surface area contributed by atoms with Crippen molar-refractivity contribution in [2.75, 3.05) is 0 Å². The number of carboxylic acid groups (broad SMARTS) is 1. The lowest BCUT2D eigenvalue weighted by atomic mass is 10.2. The fraction of sp³-hybridized carbons (Fsp3) is 0. The topological polar surface area (TPSA) is 71.4 Å². The molecule has 0 fully saturated rings. The predicted octanol–water partition coefficient (Wildman–Crippen LogP) is 1.81. The van der Waals surface area contributed by atoms with Crippen molar-refractivity contribution in [1.29, 1.82) is 0 Å². The van der Waals surface area contributed by atoms with E-state index in [-0.39, 0.29) is 10.0 Å². The first kappa shape index (κ1) is 11.1. The van der Waals surface area contributed by atoms with E-state index in [1.807, 2.05) is 0 Å². The first-order chi connectivity index (χ1) is 6.32. The molecule has 0 aliphatic rings. The normalized spacial score (nSPS) is 11.3. The summed E-state index contributed by atoms with van der Waals surface area (Å²) in [5.41, 5.74) is -0.121. The van der Waals surface area contributed by atoms with E-state index < -0.39 is 21.1 Å². The maximum atomic E-state index is 12.5. The highest BCUT2D eigenvalue weighted by Gasteiger charge is 2.17. The summed E-state index contributed by atoms with van der Waals surface area (Å²) in [5.74, 6) is -1.21. The van der Waals surface area contributed by atoms with Crippen molar-refractivity contribution in [3.05, 3.63) is 28.2 Å². The van der Waals surface area contributed by atoms with Gasteiger partial charge in [0.1, 0.15) is 4.90 Å². The van der Waals surface area contributed by atoms with E-state index in [0.29, 0.717) is 0 Å². The molecule has 0 heterocycles. The lowest BCUT2D eigenvalue weighted by molar-refractivity contribution is 0.0696. The van der Waals surface area contributed by atoms with E-state index in [0.717, 1.165) is 18.2 Å². The van der Waals surface area contributed by atoms with Crippen LogP contribution in [0.4, 0.5) is 3.89 Å². The van der Waals surface area contributed by atoms with Crippen LogP contribution in [0.1, 0.15) is 10.4 Å². The van der Waals surface area contributed by atoms with Crippen LogP contribution in [0.5, 0.6) is 0 Å². The quantitative estimate of drug-likeness (QED) is 0.840. The molecule has 0 atom stereocenters. The molecule has 0 radical (unpaired) electrons. The molecule has 0 saturated heterocycles. The summed E-state index contributed by atoms with van der Waals surface area (Å²) in [6.45, 7) is 0. The number of benzene rings is 1. The molecule has 1 aromatic carbocycles. The Kier molecular flexibility index (Phi) is 2.91. The number of carbonyl (C=O) groups is 1. The number of hydrogen-bond donors (Lipinski definition) is 1. The van der Waals surface area contributed by atoms with Gasteiger partial charge in [-0.1, -0.05) is 0 Å². The van der Waals surface area contributed by atoms with Gasteiger partial charge in [0, 0.05) is 4.47 Å². The molecule has 0 saturated carbocycles. The van der Waals surface area contributed by atoms with Crippen molar-refractivity contribution in [2.45, 2.75) is 4.90 Å². The maximum Gasteiger partial charge on any atom is 0.335 e. The van der Waals surface area contributed by atoms with Gasteiger partial charge in [-0.25, -0.2) is 4.79 Å². The summed E-state index contributed by atoms with van der Waals surface area (Å²) in [7, 11) is -4.82. The zero-order valence-corrected chi connectivity index (χ0v) is 8.97. The highest BCUT2D eigenvalue weighted by molar-refractivity contribution is 9.10. The molecule has 76 valence electrons. The Morgan fingerprint density at radius 2 is 2.00 bits per heavy atom. The Hall–Kier alpha value is -0.950. The van der Waals surface area contributed by atoms with Gasteiger partial charge in [-0.2, -0.15) is 8.42 Å². The fourth-order valence-corrected chi connectivity index (χ4v) is 2.31. The minimum atomic E-state index is -4.82. The van der Waals surface area contributed by atoms with Gasteiger partial charge < -0.3 is 5.11 Å². The van der Waals surface area contributed by atoms with Gasteiger partial charge in [-0.15, -0.1) is 3.89 Å². The molecule has 0 spiro atoms. The van der Waals surface area contributed by atoms with Crippen LogP contribution in [0.2, 0.25) is 0 Å². The van der Waals surface area contributed by atoms with E-state index in [9.17, 15) is 17.1 Å². The van der Waals surface area contributed by atoms with E-state index in [2.05, 4.69) is 15.9 Å². The van der Waals surface area contributed by atoms with Crippen LogP contribution in [-0.4, -0.2) is 19.5 Å². The smallest absolute Gasteiger partial charge is 0.335 e. The van der Waals surface area contributed by atoms with Gasteiger partial charge >= 0.3 is 16.2 Å². The molecule has 7 heteroatoms. The van der Waals surface area contributed by atoms with Crippen LogP contribution >= 0.6 is 15.9 Å². The Balaban J connectivity index is 3.35. The average molecular weight is 283 g/mol. The lowest BCUT2D eigenvalue weighted by Gasteiger charge is -2.00. The van der Waals surface area contributed by atoms with Crippen LogP contribution in [0.25, 0.3) is 0 Å². The van der Waals surface area contributed by atoms with Gasteiger partial charge in [0.15, 0.2) is 0 Å². The number of rotatable bonds is 2. The van der Waals surface area contributed by atoms with Crippen LogP contribution in [0.15, 0.2) is 27.6 Å². The molecule has 0 amide bonds. The van der Waals surface area contributed by atoms with Gasteiger partial charge in [-0.05, 0) is 34.1 Å². The Labute approximate surface area is 87.7 Å². The van der Waals surface area contributed by atoms with E-state index in [4.69, 9.17) is 5.11 Å². The molecule has 0 unspecified atom stereocenters. The molecular weight excluding hydrogens is 279 g/mol. The average Bonchev–Trinajstić information content (AvgIpc) is 2.01. The van der Waals surface area contributed by atoms with Gasteiger partial charge in [0.2, 0.25) is 0 Å². The zero-order valence-electron chi connectivity index (χ0n) is 6.57. The minimum Gasteiger partial charge on any atom is -0.478 e. The maximum absolute atomic E-state index is 12.5. The molecule has 0 aliphatic heterocycles. The number of hydrogen-bond acceptors (Lipinski definition) is 3. The first-order valence-electron chi connectivity index (χ1n) is 3.30. The molecule has 0 aromatic heterocycles. The summed E-state index contributed by atoms with van der Waals surface area (Å²) < 4.78 is 33.4. The monoisotopic (exact) mass is 282 g/mol. The van der Waals surface area contributed by atoms with Gasteiger partial charge in [0.25, 0.3) is 0 Å². The molecule has 0 aliphatic carbocycles. The largest absolute Gasteiger partial charge is 0.478 e. The van der Waals surface area contributed by atoms with Crippen molar-refractivity contribution in [3.8, 4) is 0 Å². The number of halogens is 2. The Bertz CT molecular complexity index is 482. The SMILES string of the molecule is O=C(O)c1ccc(S(=O)(=O)F)c(Br)c1. The second-order valence-electron chi connectivity index (χ2n) is 2.39. The molecular formula is C7H4BrFO4S. The summed E-state index contributed by atoms with van der Waals surface area (Å²) >= 11 is 2.77. The van der Waals surface area contributed by atoms with Crippen molar-refractivity contribution >= 4 is 32.1 Å². The van der Waals surface area contributed by atoms with Crippen LogP contribution in [-0.2, 0) is 10.2 Å². The summed E-state index contributed by atoms with van der Waals surface area (Å²) in [5, 5.41) is 8.54. The Morgan fingerprint density at radius 3 is 2.36 bits per heavy atom. The summed E-state index contributed by atoms with van der Waals surface area (Å²) in [4.78, 5) is 9.87. The zero-order chi connectivity index (χ0) is 10.9. The van der Waals surface area contributed by atoms with Crippen molar-refractivity contribution in [3.63, 3.8) is 0 Å². The molecule has 1 rings (SSSR count). The molecule has 0 bridgehead atoms. The molecule has 14 heavy (non-hydrogen) atoms. The molecule has 4 nitrogen and oxygen atoms in total. The third kappa shape index (κ3) is 2.30. The third-order valence-corrected chi connectivity index (χ3v) is 3.24. The fourth-order valence-electron chi connectivity index (χ4n) is 0.832. The van der Waals surface area contributed by atoms with Gasteiger partial charge in [-0.3, -0.25) is 0 Å². The van der Waals surface area contributed by atoms with Crippen molar-refractivity contribution in [1.82, 2.24) is 0 Å². The summed E-state index contributed by atoms with van der Waals surface area (Å²) in [6.07, 6.45) is 0. The standard InChI is InChI=1S/C7H4BrFO4S/c8-5-3-4(7(10)11)1-2-6(5)14(9,12)13/h1-3H,(H,10,11). The van der Waals surface area contributed by atoms with Gasteiger partial charge in [0.05, 0.1) is 5.56 Å². The molecule has 1 N–H and O–H groups in total. The molecule has 1 aromatic rings. The predicted molar refractivity (Wildman–Crippen MR) is 49.4 cm³/mol. The van der Waals surface area contributed by atoms with E-state index in [1.165, 1.54) is 0 Å². The van der Waals surface area contributed by atoms with Crippen molar-refractivity contribution < 1.29 is 22.2 Å². The summed E-state index contributed by atoms with van der Waals surface area (Å²) in [6, 6.07) is 2.93. The number of aromatic carboxylic acids is 1. The second kappa shape index (κ2) is 3.66. The minimum absolute atomic E-state index is 0.111. The van der Waals surface area contributed by atoms with Crippen LogP contribution < -0.4 is 0 Å². The number of carboxylic acids is 1. The van der Waals surface area contributed by atoms with Crippen LogP contribution in [0, 0.1) is 0 Å². The van der Waals surface area contributed by atoms with E-state index in [1.54, 1.807) is 0 Å². The van der Waals surface area contributed by atoms with Crippen LogP contribution in [0.3, 0.4) is 0 Å².